The van der Waals surface area contributed by atoms with E-state index in [1.54, 1.807) is 17.8 Å². The lowest BCUT2D eigenvalue weighted by Gasteiger charge is -2.19. The summed E-state index contributed by atoms with van der Waals surface area (Å²) in [6.07, 6.45) is 2.01. The highest BCUT2D eigenvalue weighted by Gasteiger charge is 2.10. The number of halogens is 1. The normalized spacial score (nSPS) is 11.8. The Morgan fingerprint density at radius 1 is 1.31 bits per heavy atom. The zero-order valence-electron chi connectivity index (χ0n) is 10.4. The van der Waals surface area contributed by atoms with E-state index in [0.717, 1.165) is 23.5 Å². The van der Waals surface area contributed by atoms with Crippen LogP contribution in [0.4, 0.5) is 4.39 Å². The summed E-state index contributed by atoms with van der Waals surface area (Å²) in [5.74, 6) is -0.162. The Bertz CT molecular complexity index is 344. The van der Waals surface area contributed by atoms with Gasteiger partial charge in [-0.3, -0.25) is 0 Å². The molecule has 0 saturated heterocycles. The molecule has 1 N–H and O–H groups in total. The van der Waals surface area contributed by atoms with Gasteiger partial charge in [0.05, 0.1) is 0 Å². The van der Waals surface area contributed by atoms with Crippen molar-refractivity contribution in [2.45, 2.75) is 32.2 Å². The maximum absolute atomic E-state index is 13.1. The Labute approximate surface area is 102 Å². The lowest BCUT2D eigenvalue weighted by Crippen LogP contribution is -2.26. The van der Waals surface area contributed by atoms with Gasteiger partial charge in [-0.25, -0.2) is 4.39 Å². The van der Waals surface area contributed by atoms with Crippen LogP contribution in [0.15, 0.2) is 23.1 Å². The average Bonchev–Trinajstić information content (AvgIpc) is 2.16. The van der Waals surface area contributed by atoms with E-state index < -0.39 is 0 Å². The third-order valence-corrected chi connectivity index (χ3v) is 3.05. The van der Waals surface area contributed by atoms with Crippen molar-refractivity contribution in [1.29, 1.82) is 0 Å². The van der Waals surface area contributed by atoms with E-state index in [4.69, 9.17) is 0 Å². The lowest BCUT2D eigenvalue weighted by molar-refractivity contribution is 0.378. The van der Waals surface area contributed by atoms with Crippen LogP contribution >= 0.6 is 11.8 Å². The predicted molar refractivity (Wildman–Crippen MR) is 69.3 cm³/mol. The standard InChI is InChI=1S/C13H20FNS/c1-13(2,3)9-15-8-10-7-11(14)5-6-12(10)16-4/h5-7,15H,8-9H2,1-4H3. The predicted octanol–water partition coefficient (Wildman–Crippen LogP) is 3.68. The molecule has 0 amide bonds. The molecule has 0 radical (unpaired) electrons. The Morgan fingerprint density at radius 2 is 2.00 bits per heavy atom. The first-order chi connectivity index (χ1) is 7.42. The first-order valence-corrected chi connectivity index (χ1v) is 6.68. The maximum atomic E-state index is 13.1. The topological polar surface area (TPSA) is 12.0 Å². The third kappa shape index (κ3) is 4.54. The molecule has 0 spiro atoms. The molecule has 0 aliphatic heterocycles. The largest absolute Gasteiger partial charge is 0.312 e. The smallest absolute Gasteiger partial charge is 0.123 e. The zero-order valence-corrected chi connectivity index (χ0v) is 11.2. The summed E-state index contributed by atoms with van der Waals surface area (Å²) in [6.45, 7) is 8.20. The molecular weight excluding hydrogens is 221 g/mol. The van der Waals surface area contributed by atoms with Crippen LogP contribution in [0.1, 0.15) is 26.3 Å². The van der Waals surface area contributed by atoms with Crippen molar-refractivity contribution < 1.29 is 4.39 Å². The highest BCUT2D eigenvalue weighted by atomic mass is 32.2. The third-order valence-electron chi connectivity index (χ3n) is 2.21. The summed E-state index contributed by atoms with van der Waals surface area (Å²) < 4.78 is 13.1. The Kier molecular flexibility index (Phi) is 4.81. The fourth-order valence-electron chi connectivity index (χ4n) is 1.46. The van der Waals surface area contributed by atoms with Gasteiger partial charge >= 0.3 is 0 Å². The summed E-state index contributed by atoms with van der Waals surface area (Å²) in [4.78, 5) is 1.14. The quantitative estimate of drug-likeness (QED) is 0.807. The minimum absolute atomic E-state index is 0.162. The number of hydrogen-bond donors (Lipinski definition) is 1. The first-order valence-electron chi connectivity index (χ1n) is 5.45. The van der Waals surface area contributed by atoms with Gasteiger partial charge < -0.3 is 5.32 Å². The molecule has 0 unspecified atom stereocenters. The van der Waals surface area contributed by atoms with Crippen molar-refractivity contribution in [1.82, 2.24) is 5.32 Å². The van der Waals surface area contributed by atoms with E-state index in [1.807, 2.05) is 12.3 Å². The van der Waals surface area contributed by atoms with Crippen molar-refractivity contribution in [3.63, 3.8) is 0 Å². The summed E-state index contributed by atoms with van der Waals surface area (Å²) >= 11 is 1.66. The monoisotopic (exact) mass is 241 g/mol. The van der Waals surface area contributed by atoms with Crippen LogP contribution in [0.5, 0.6) is 0 Å². The molecule has 1 aromatic rings. The maximum Gasteiger partial charge on any atom is 0.123 e. The van der Waals surface area contributed by atoms with E-state index >= 15 is 0 Å². The van der Waals surface area contributed by atoms with E-state index in [-0.39, 0.29) is 11.2 Å². The summed E-state index contributed by atoms with van der Waals surface area (Å²) in [5.41, 5.74) is 1.30. The van der Waals surface area contributed by atoms with Crippen LogP contribution < -0.4 is 5.32 Å². The summed E-state index contributed by atoms with van der Waals surface area (Å²) in [7, 11) is 0. The number of nitrogens with one attached hydrogen (secondary N) is 1. The Balaban J connectivity index is 2.62. The van der Waals surface area contributed by atoms with Gasteiger partial charge in [-0.05, 0) is 35.4 Å². The first kappa shape index (κ1) is 13.5. The van der Waals surface area contributed by atoms with Crippen molar-refractivity contribution in [3.05, 3.63) is 29.6 Å². The fourth-order valence-corrected chi connectivity index (χ4v) is 2.05. The summed E-state index contributed by atoms with van der Waals surface area (Å²) in [5, 5.41) is 3.36. The molecule has 0 aliphatic carbocycles. The molecule has 0 aromatic heterocycles. The Hall–Kier alpha value is -0.540. The molecule has 0 saturated carbocycles. The van der Waals surface area contributed by atoms with Gasteiger partial charge in [0.15, 0.2) is 0 Å². The highest BCUT2D eigenvalue weighted by Crippen LogP contribution is 2.21. The fraction of sp³-hybridized carbons (Fsp3) is 0.538. The molecule has 0 bridgehead atoms. The van der Waals surface area contributed by atoms with E-state index in [1.165, 1.54) is 6.07 Å². The van der Waals surface area contributed by atoms with Crippen LogP contribution in [-0.4, -0.2) is 12.8 Å². The molecule has 0 atom stereocenters. The van der Waals surface area contributed by atoms with Crippen molar-refractivity contribution in [2.24, 2.45) is 5.41 Å². The molecule has 1 nitrogen and oxygen atoms in total. The molecule has 90 valence electrons. The summed E-state index contributed by atoms with van der Waals surface area (Å²) in [6, 6.07) is 4.97. The van der Waals surface area contributed by atoms with Crippen LogP contribution in [-0.2, 0) is 6.54 Å². The highest BCUT2D eigenvalue weighted by molar-refractivity contribution is 7.98. The van der Waals surface area contributed by atoms with E-state index in [9.17, 15) is 4.39 Å². The molecule has 0 heterocycles. The van der Waals surface area contributed by atoms with Gasteiger partial charge in [0.2, 0.25) is 0 Å². The van der Waals surface area contributed by atoms with Gasteiger partial charge in [0.1, 0.15) is 5.82 Å². The second-order valence-electron chi connectivity index (χ2n) is 5.12. The van der Waals surface area contributed by atoms with Gasteiger partial charge in [-0.15, -0.1) is 11.8 Å². The molecule has 1 rings (SSSR count). The van der Waals surface area contributed by atoms with Crippen LogP contribution in [0.2, 0.25) is 0 Å². The number of rotatable bonds is 4. The molecule has 0 aliphatic rings. The van der Waals surface area contributed by atoms with E-state index in [0.29, 0.717) is 0 Å². The molecular formula is C13H20FNS. The van der Waals surface area contributed by atoms with Crippen molar-refractivity contribution >= 4 is 11.8 Å². The van der Waals surface area contributed by atoms with Crippen LogP contribution in [0, 0.1) is 11.2 Å². The average molecular weight is 241 g/mol. The second-order valence-corrected chi connectivity index (χ2v) is 5.97. The van der Waals surface area contributed by atoms with Crippen LogP contribution in [0.25, 0.3) is 0 Å². The molecule has 16 heavy (non-hydrogen) atoms. The van der Waals surface area contributed by atoms with Gasteiger partial charge in [-0.1, -0.05) is 20.8 Å². The zero-order chi connectivity index (χ0) is 12.2. The van der Waals surface area contributed by atoms with Gasteiger partial charge in [0, 0.05) is 18.0 Å². The van der Waals surface area contributed by atoms with Gasteiger partial charge in [0.25, 0.3) is 0 Å². The minimum atomic E-state index is -0.162. The minimum Gasteiger partial charge on any atom is -0.312 e. The number of hydrogen-bond acceptors (Lipinski definition) is 2. The van der Waals surface area contributed by atoms with Gasteiger partial charge in [-0.2, -0.15) is 0 Å². The number of benzene rings is 1. The molecule has 1 aromatic carbocycles. The Morgan fingerprint density at radius 3 is 2.56 bits per heavy atom. The lowest BCUT2D eigenvalue weighted by atomic mass is 9.97. The SMILES string of the molecule is CSc1ccc(F)cc1CNCC(C)(C)C. The van der Waals surface area contributed by atoms with Crippen molar-refractivity contribution in [3.8, 4) is 0 Å². The second kappa shape index (κ2) is 5.69. The van der Waals surface area contributed by atoms with E-state index in [2.05, 4.69) is 26.1 Å². The van der Waals surface area contributed by atoms with Crippen molar-refractivity contribution in [2.75, 3.05) is 12.8 Å². The molecule has 0 fully saturated rings. The van der Waals surface area contributed by atoms with Crippen LogP contribution in [0.3, 0.4) is 0 Å². The number of thioether (sulfide) groups is 1. The molecule has 3 heteroatoms.